The second-order valence-corrected chi connectivity index (χ2v) is 7.22. The third kappa shape index (κ3) is 4.81. The summed E-state index contributed by atoms with van der Waals surface area (Å²) in [5.41, 5.74) is 4.08. The van der Waals surface area contributed by atoms with Crippen molar-refractivity contribution in [2.75, 3.05) is 18.5 Å². The molecule has 0 unspecified atom stereocenters. The van der Waals surface area contributed by atoms with E-state index < -0.39 is 0 Å². The third-order valence-electron chi connectivity index (χ3n) is 4.86. The number of nitrogens with one attached hydrogen (secondary N) is 1. The Balaban J connectivity index is 1.52. The van der Waals surface area contributed by atoms with Crippen molar-refractivity contribution in [3.63, 3.8) is 0 Å². The summed E-state index contributed by atoms with van der Waals surface area (Å²) in [5.74, 6) is 0.0573. The number of nitrogens with zero attached hydrogens (tertiary/aromatic N) is 3. The maximum atomic E-state index is 12.4. The van der Waals surface area contributed by atoms with Crippen molar-refractivity contribution >= 4 is 28.4 Å². The van der Waals surface area contributed by atoms with Gasteiger partial charge in [0, 0.05) is 17.9 Å². The highest BCUT2D eigenvalue weighted by molar-refractivity contribution is 5.96. The van der Waals surface area contributed by atoms with Crippen molar-refractivity contribution in [1.29, 1.82) is 0 Å². The topological polar surface area (TPSA) is 106 Å². The van der Waals surface area contributed by atoms with E-state index in [1.807, 2.05) is 36.4 Å². The van der Waals surface area contributed by atoms with Crippen LogP contribution in [0.2, 0.25) is 0 Å². The number of amides is 1. The Kier molecular flexibility index (Phi) is 6.23. The lowest BCUT2D eigenvalue weighted by atomic mass is 10.1. The zero-order valence-corrected chi connectivity index (χ0v) is 17.5. The van der Waals surface area contributed by atoms with Gasteiger partial charge in [-0.2, -0.15) is 0 Å². The van der Waals surface area contributed by atoms with Crippen LogP contribution in [0.5, 0.6) is 5.75 Å². The van der Waals surface area contributed by atoms with Gasteiger partial charge in [-0.1, -0.05) is 18.2 Å². The highest BCUT2D eigenvalue weighted by Gasteiger charge is 2.13. The monoisotopic (exact) mass is 430 g/mol. The molecule has 3 aromatic carbocycles. The van der Waals surface area contributed by atoms with E-state index >= 15 is 0 Å². The van der Waals surface area contributed by atoms with Crippen LogP contribution in [0.25, 0.3) is 16.7 Å². The fraction of sp³-hybridized carbons (Fsp3) is 0.167. The van der Waals surface area contributed by atoms with E-state index in [-0.39, 0.29) is 24.9 Å². The Hall–Kier alpha value is -4.04. The summed E-state index contributed by atoms with van der Waals surface area (Å²) in [6, 6.07) is 19.6. The predicted molar refractivity (Wildman–Crippen MR) is 120 cm³/mol. The molecule has 0 bridgehead atoms. The van der Waals surface area contributed by atoms with Crippen molar-refractivity contribution in [2.24, 2.45) is 0 Å². The minimum atomic E-state index is -0.343. The molecule has 0 saturated carbocycles. The minimum absolute atomic E-state index is 0.0129. The molecule has 0 aliphatic carbocycles. The molecule has 4 rings (SSSR count). The first-order valence-electron chi connectivity index (χ1n) is 10.1. The number of ketones is 1. The van der Waals surface area contributed by atoms with Crippen molar-refractivity contribution < 1.29 is 19.4 Å². The largest absolute Gasteiger partial charge is 0.481 e. The number of carbonyl (C=O) groups excluding carboxylic acids is 2. The zero-order chi connectivity index (χ0) is 22.5. The molecule has 32 heavy (non-hydrogen) atoms. The molecule has 0 aliphatic rings. The standard InChI is InChI=1S/C24H22N4O4/c1-16(30)18-7-9-19(10-8-18)25-24(31)15-32-23-11-6-17(12-13-29)14-22(23)28-26-20-4-2-3-5-21(20)27-28/h2-11,14,29H,12-13,15H2,1H3,(H,25,31). The molecule has 0 atom stereocenters. The smallest absolute Gasteiger partial charge is 0.262 e. The number of aliphatic hydroxyl groups is 1. The number of aliphatic hydroxyl groups excluding tert-OH is 1. The number of aromatic nitrogens is 3. The average Bonchev–Trinajstić information content (AvgIpc) is 3.23. The van der Waals surface area contributed by atoms with E-state index in [2.05, 4.69) is 15.5 Å². The maximum Gasteiger partial charge on any atom is 0.262 e. The summed E-state index contributed by atoms with van der Waals surface area (Å²) < 4.78 is 5.79. The van der Waals surface area contributed by atoms with Crippen LogP contribution in [0.1, 0.15) is 22.8 Å². The van der Waals surface area contributed by atoms with Gasteiger partial charge in [-0.25, -0.2) is 0 Å². The van der Waals surface area contributed by atoms with E-state index in [0.717, 1.165) is 16.6 Å². The molecule has 0 saturated heterocycles. The number of anilines is 1. The van der Waals surface area contributed by atoms with Crippen LogP contribution >= 0.6 is 0 Å². The Bertz CT molecular complexity index is 1230. The van der Waals surface area contributed by atoms with Crippen LogP contribution in [0.3, 0.4) is 0 Å². The van der Waals surface area contributed by atoms with E-state index in [1.165, 1.54) is 11.7 Å². The van der Waals surface area contributed by atoms with E-state index in [0.29, 0.717) is 29.1 Å². The molecule has 0 fully saturated rings. The minimum Gasteiger partial charge on any atom is -0.481 e. The number of Topliss-reactive ketones (excluding diaryl/α,β-unsaturated/α-hetero) is 1. The average molecular weight is 430 g/mol. The van der Waals surface area contributed by atoms with Crippen molar-refractivity contribution in [3.05, 3.63) is 77.9 Å². The Morgan fingerprint density at radius 2 is 1.69 bits per heavy atom. The van der Waals surface area contributed by atoms with Gasteiger partial charge in [0.25, 0.3) is 5.91 Å². The lowest BCUT2D eigenvalue weighted by molar-refractivity contribution is -0.118. The number of hydrogen-bond donors (Lipinski definition) is 2. The molecule has 8 heteroatoms. The van der Waals surface area contributed by atoms with E-state index in [1.54, 1.807) is 30.3 Å². The van der Waals surface area contributed by atoms with Gasteiger partial charge < -0.3 is 15.2 Å². The number of hydrogen-bond acceptors (Lipinski definition) is 6. The number of carbonyl (C=O) groups is 2. The molecule has 1 heterocycles. The van der Waals surface area contributed by atoms with Crippen molar-refractivity contribution in [1.82, 2.24) is 15.0 Å². The Morgan fingerprint density at radius 1 is 1.00 bits per heavy atom. The van der Waals surface area contributed by atoms with Gasteiger partial charge in [-0.05, 0) is 67.4 Å². The first-order valence-corrected chi connectivity index (χ1v) is 10.1. The highest BCUT2D eigenvalue weighted by Crippen LogP contribution is 2.25. The van der Waals surface area contributed by atoms with Gasteiger partial charge in [0.05, 0.1) is 0 Å². The summed E-state index contributed by atoms with van der Waals surface area (Å²) >= 11 is 0. The maximum absolute atomic E-state index is 12.4. The third-order valence-corrected chi connectivity index (χ3v) is 4.86. The number of ether oxygens (including phenoxy) is 1. The first kappa shape index (κ1) is 21.2. The molecule has 4 aromatic rings. The van der Waals surface area contributed by atoms with Crippen molar-refractivity contribution in [2.45, 2.75) is 13.3 Å². The summed E-state index contributed by atoms with van der Waals surface area (Å²) in [7, 11) is 0. The van der Waals surface area contributed by atoms with Crippen molar-refractivity contribution in [3.8, 4) is 11.4 Å². The lowest BCUT2D eigenvalue weighted by Crippen LogP contribution is -2.20. The molecule has 1 amide bonds. The predicted octanol–water partition coefficient (Wildman–Crippen LogP) is 3.18. The fourth-order valence-corrected chi connectivity index (χ4v) is 3.22. The molecule has 1 aromatic heterocycles. The molecular weight excluding hydrogens is 408 g/mol. The summed E-state index contributed by atoms with van der Waals surface area (Å²) in [6.07, 6.45) is 0.477. The summed E-state index contributed by atoms with van der Waals surface area (Å²) in [5, 5.41) is 21.0. The highest BCUT2D eigenvalue weighted by atomic mass is 16.5. The molecule has 0 radical (unpaired) electrons. The normalized spacial score (nSPS) is 10.8. The SMILES string of the molecule is CC(=O)c1ccc(NC(=O)COc2ccc(CCO)cc2-n2nc3ccccc3n2)cc1. The summed E-state index contributed by atoms with van der Waals surface area (Å²) in [6.45, 7) is 1.28. The van der Waals surface area contributed by atoms with Gasteiger partial charge >= 0.3 is 0 Å². The van der Waals surface area contributed by atoms with Gasteiger partial charge in [0.1, 0.15) is 22.5 Å². The lowest BCUT2D eigenvalue weighted by Gasteiger charge is -2.12. The quantitative estimate of drug-likeness (QED) is 0.416. The van der Waals surface area contributed by atoms with Crippen LogP contribution in [-0.2, 0) is 11.2 Å². The second-order valence-electron chi connectivity index (χ2n) is 7.22. The Labute approximate surface area is 184 Å². The number of benzene rings is 3. The van der Waals surface area contributed by atoms with Crippen LogP contribution < -0.4 is 10.1 Å². The van der Waals surface area contributed by atoms with Crippen LogP contribution in [0, 0.1) is 0 Å². The number of rotatable bonds is 8. The van der Waals surface area contributed by atoms with Gasteiger partial charge in [-0.15, -0.1) is 15.0 Å². The van der Waals surface area contributed by atoms with E-state index in [4.69, 9.17) is 4.74 Å². The first-order chi connectivity index (χ1) is 15.5. The Morgan fingerprint density at radius 3 is 2.31 bits per heavy atom. The molecule has 8 nitrogen and oxygen atoms in total. The second kappa shape index (κ2) is 9.40. The molecule has 0 aliphatic heterocycles. The summed E-state index contributed by atoms with van der Waals surface area (Å²) in [4.78, 5) is 25.2. The van der Waals surface area contributed by atoms with Crippen LogP contribution in [0.15, 0.2) is 66.7 Å². The molecule has 2 N–H and O–H groups in total. The molecular formula is C24H22N4O4. The number of fused-ring (bicyclic) bond motifs is 1. The molecule has 162 valence electrons. The molecule has 0 spiro atoms. The zero-order valence-electron chi connectivity index (χ0n) is 17.5. The van der Waals surface area contributed by atoms with Gasteiger partial charge in [0.15, 0.2) is 12.4 Å². The van der Waals surface area contributed by atoms with Crippen LogP contribution in [-0.4, -0.2) is 45.0 Å². The van der Waals surface area contributed by atoms with Crippen LogP contribution in [0.4, 0.5) is 5.69 Å². The van der Waals surface area contributed by atoms with E-state index in [9.17, 15) is 14.7 Å². The van der Waals surface area contributed by atoms with Gasteiger partial charge in [-0.3, -0.25) is 9.59 Å². The van der Waals surface area contributed by atoms with Gasteiger partial charge in [0.2, 0.25) is 0 Å². The fourth-order valence-electron chi connectivity index (χ4n) is 3.22.